The molecule has 0 bridgehead atoms. The predicted octanol–water partition coefficient (Wildman–Crippen LogP) is 7.10. The van der Waals surface area contributed by atoms with Crippen LogP contribution in [-0.4, -0.2) is 25.7 Å². The van der Waals surface area contributed by atoms with Gasteiger partial charge in [0.2, 0.25) is 0 Å². The molecule has 2 aromatic carbocycles. The van der Waals surface area contributed by atoms with Crippen LogP contribution in [0, 0.1) is 13.8 Å². The van der Waals surface area contributed by atoms with Crippen molar-refractivity contribution in [2.75, 3.05) is 0 Å². The van der Waals surface area contributed by atoms with Gasteiger partial charge < -0.3 is 9.52 Å². The summed E-state index contributed by atoms with van der Waals surface area (Å²) in [6.07, 6.45) is 2.55. The summed E-state index contributed by atoms with van der Waals surface area (Å²) in [5.74, 6) is 0.107. The van der Waals surface area contributed by atoms with E-state index in [0.29, 0.717) is 6.54 Å². The molecule has 0 saturated heterocycles. The zero-order valence-electron chi connectivity index (χ0n) is 21.2. The van der Waals surface area contributed by atoms with E-state index in [-0.39, 0.29) is 0 Å². The van der Waals surface area contributed by atoms with Crippen LogP contribution < -0.4 is 0 Å². The van der Waals surface area contributed by atoms with E-state index in [4.69, 9.17) is 9.40 Å². The van der Waals surface area contributed by atoms with Gasteiger partial charge in [-0.15, -0.1) is 23.1 Å². The summed E-state index contributed by atoms with van der Waals surface area (Å²) in [4.78, 5) is 20.9. The van der Waals surface area contributed by atoms with Crippen molar-refractivity contribution in [3.05, 3.63) is 105 Å². The molecule has 0 fully saturated rings. The van der Waals surface area contributed by atoms with Gasteiger partial charge >= 0.3 is 5.97 Å². The van der Waals surface area contributed by atoms with Crippen LogP contribution >= 0.6 is 23.1 Å². The maximum Gasteiger partial charge on any atom is 0.319 e. The minimum absolute atomic E-state index is 0.695. The molecule has 0 aliphatic heterocycles. The van der Waals surface area contributed by atoms with Crippen molar-refractivity contribution in [3.8, 4) is 0 Å². The summed E-state index contributed by atoms with van der Waals surface area (Å²) in [5.41, 5.74) is 4.79. The fourth-order valence-electron chi connectivity index (χ4n) is 3.84. The van der Waals surface area contributed by atoms with Crippen molar-refractivity contribution >= 4 is 29.1 Å². The van der Waals surface area contributed by atoms with Crippen LogP contribution in [-0.2, 0) is 30.8 Å². The SMILES string of the molecule is Cc1ccc(Cc2nc(C)c(CN(Cc3ccc(SC(C)(C)C(=O)O)cc3)Cc3ccco3)s2)cc1. The molecular weight excluding hydrogens is 488 g/mol. The lowest BCUT2D eigenvalue weighted by atomic mass is 10.1. The summed E-state index contributed by atoms with van der Waals surface area (Å²) < 4.78 is 4.78. The first kappa shape index (κ1) is 26.2. The molecule has 7 heteroatoms. The van der Waals surface area contributed by atoms with Crippen molar-refractivity contribution in [1.82, 2.24) is 9.88 Å². The topological polar surface area (TPSA) is 66.6 Å². The van der Waals surface area contributed by atoms with Gasteiger partial charge in [-0.1, -0.05) is 42.0 Å². The smallest absolute Gasteiger partial charge is 0.319 e. The fourth-order valence-corrected chi connectivity index (χ4v) is 5.94. The van der Waals surface area contributed by atoms with E-state index < -0.39 is 10.7 Å². The lowest BCUT2D eigenvalue weighted by Gasteiger charge is -2.22. The van der Waals surface area contributed by atoms with E-state index in [1.165, 1.54) is 33.3 Å². The van der Waals surface area contributed by atoms with Crippen molar-refractivity contribution in [2.45, 2.75) is 63.4 Å². The zero-order valence-corrected chi connectivity index (χ0v) is 22.8. The molecular formula is C29H32N2O3S2. The summed E-state index contributed by atoms with van der Waals surface area (Å²) in [6, 6.07) is 20.7. The number of thiazole rings is 1. The first-order valence-corrected chi connectivity index (χ1v) is 13.6. The Morgan fingerprint density at radius 1 is 1.00 bits per heavy atom. The Morgan fingerprint density at radius 3 is 2.33 bits per heavy atom. The van der Waals surface area contributed by atoms with Gasteiger partial charge in [0.05, 0.1) is 23.5 Å². The van der Waals surface area contributed by atoms with Gasteiger partial charge in [0.1, 0.15) is 10.5 Å². The fraction of sp³-hybridized carbons (Fsp3) is 0.310. The Balaban J connectivity index is 1.47. The minimum atomic E-state index is -0.868. The Morgan fingerprint density at radius 2 is 1.69 bits per heavy atom. The van der Waals surface area contributed by atoms with Crippen LogP contribution in [0.15, 0.2) is 76.2 Å². The van der Waals surface area contributed by atoms with Gasteiger partial charge in [0.15, 0.2) is 0 Å². The normalized spacial score (nSPS) is 11.8. The quantitative estimate of drug-likeness (QED) is 0.213. The first-order valence-electron chi connectivity index (χ1n) is 11.9. The number of hydrogen-bond acceptors (Lipinski definition) is 6. The molecule has 36 heavy (non-hydrogen) atoms. The molecule has 0 amide bonds. The number of thioether (sulfide) groups is 1. The second-order valence-corrected chi connectivity index (χ2v) is 12.4. The van der Waals surface area contributed by atoms with Gasteiger partial charge in [-0.2, -0.15) is 0 Å². The van der Waals surface area contributed by atoms with Gasteiger partial charge in [-0.25, -0.2) is 4.98 Å². The predicted molar refractivity (Wildman–Crippen MR) is 147 cm³/mol. The van der Waals surface area contributed by atoms with Gasteiger partial charge in [-0.05, 0) is 63.1 Å². The third kappa shape index (κ3) is 7.09. The number of aryl methyl sites for hydroxylation is 2. The molecule has 0 spiro atoms. The zero-order chi connectivity index (χ0) is 25.7. The molecule has 0 unspecified atom stereocenters. The van der Waals surface area contributed by atoms with Crippen LogP contribution in [0.4, 0.5) is 0 Å². The lowest BCUT2D eigenvalue weighted by Crippen LogP contribution is -2.26. The molecule has 1 N–H and O–H groups in total. The second-order valence-electron chi connectivity index (χ2n) is 9.56. The van der Waals surface area contributed by atoms with Crippen LogP contribution in [0.3, 0.4) is 0 Å². The molecule has 0 radical (unpaired) electrons. The molecule has 2 aromatic heterocycles. The number of hydrogen-bond donors (Lipinski definition) is 1. The Bertz CT molecular complexity index is 1280. The molecule has 2 heterocycles. The third-order valence-electron chi connectivity index (χ3n) is 5.96. The number of aliphatic carboxylic acids is 1. The largest absolute Gasteiger partial charge is 0.480 e. The number of furan rings is 1. The van der Waals surface area contributed by atoms with E-state index in [9.17, 15) is 9.90 Å². The van der Waals surface area contributed by atoms with Crippen molar-refractivity contribution < 1.29 is 14.3 Å². The number of nitrogens with zero attached hydrogens (tertiary/aromatic N) is 2. The van der Waals surface area contributed by atoms with Gasteiger partial charge in [0, 0.05) is 29.3 Å². The van der Waals surface area contributed by atoms with Gasteiger partial charge in [-0.3, -0.25) is 9.69 Å². The number of benzene rings is 2. The molecule has 5 nitrogen and oxygen atoms in total. The molecule has 188 valence electrons. The molecule has 4 rings (SSSR count). The molecule has 0 atom stereocenters. The average molecular weight is 521 g/mol. The Hall–Kier alpha value is -2.87. The standard InChI is InChI=1S/C29H32N2O3S2/c1-20-7-9-22(10-8-20)16-27-30-21(2)26(35-27)19-31(18-24-6-5-15-34-24)17-23-11-13-25(14-12-23)36-29(3,4)28(32)33/h5-15H,16-19H2,1-4H3,(H,32,33). The maximum absolute atomic E-state index is 11.5. The van der Waals surface area contributed by atoms with E-state index >= 15 is 0 Å². The van der Waals surface area contributed by atoms with Crippen molar-refractivity contribution in [3.63, 3.8) is 0 Å². The minimum Gasteiger partial charge on any atom is -0.480 e. The summed E-state index contributed by atoms with van der Waals surface area (Å²) in [5, 5.41) is 10.5. The number of rotatable bonds is 11. The summed E-state index contributed by atoms with van der Waals surface area (Å²) in [6.45, 7) is 9.87. The molecule has 0 aliphatic rings. The number of carboxylic acid groups (broad SMARTS) is 1. The van der Waals surface area contributed by atoms with E-state index in [0.717, 1.165) is 40.9 Å². The third-order valence-corrected chi connectivity index (χ3v) is 8.29. The van der Waals surface area contributed by atoms with Crippen LogP contribution in [0.5, 0.6) is 0 Å². The molecule has 0 aliphatic carbocycles. The highest BCUT2D eigenvalue weighted by atomic mass is 32.2. The van der Waals surface area contributed by atoms with E-state index in [1.54, 1.807) is 31.4 Å². The van der Waals surface area contributed by atoms with Crippen molar-refractivity contribution in [2.24, 2.45) is 0 Å². The first-order chi connectivity index (χ1) is 17.2. The molecule has 4 aromatic rings. The van der Waals surface area contributed by atoms with Gasteiger partial charge in [0.25, 0.3) is 0 Å². The maximum atomic E-state index is 11.5. The summed E-state index contributed by atoms with van der Waals surface area (Å²) >= 11 is 3.14. The second kappa shape index (κ2) is 11.5. The number of aromatic nitrogens is 1. The highest BCUT2D eigenvalue weighted by Gasteiger charge is 2.28. The Kier molecular flexibility index (Phi) is 8.34. The number of carboxylic acids is 1. The van der Waals surface area contributed by atoms with Crippen molar-refractivity contribution in [1.29, 1.82) is 0 Å². The highest BCUT2D eigenvalue weighted by Crippen LogP contribution is 2.33. The average Bonchev–Trinajstić information content (AvgIpc) is 3.46. The summed E-state index contributed by atoms with van der Waals surface area (Å²) in [7, 11) is 0. The number of carbonyl (C=O) groups is 1. The molecule has 0 saturated carbocycles. The van der Waals surface area contributed by atoms with Crippen LogP contribution in [0.1, 0.15) is 51.9 Å². The monoisotopic (exact) mass is 520 g/mol. The highest BCUT2D eigenvalue weighted by molar-refractivity contribution is 8.01. The Labute approximate surface area is 221 Å². The van der Waals surface area contributed by atoms with E-state index in [1.807, 2.05) is 24.3 Å². The van der Waals surface area contributed by atoms with Crippen LogP contribution in [0.2, 0.25) is 0 Å². The van der Waals surface area contributed by atoms with E-state index in [2.05, 4.69) is 55.1 Å². The van der Waals surface area contributed by atoms with Crippen LogP contribution in [0.25, 0.3) is 0 Å². The lowest BCUT2D eigenvalue weighted by molar-refractivity contribution is -0.138.